The lowest BCUT2D eigenvalue weighted by molar-refractivity contribution is 0.199. The Labute approximate surface area is 251 Å². The van der Waals surface area contributed by atoms with E-state index >= 15 is 0 Å². The first-order valence-corrected chi connectivity index (χ1v) is 14.3. The summed E-state index contributed by atoms with van der Waals surface area (Å²) in [4.78, 5) is 0. The van der Waals surface area contributed by atoms with E-state index in [9.17, 15) is 0 Å². The van der Waals surface area contributed by atoms with Crippen molar-refractivity contribution in [1.82, 2.24) is 0 Å². The fourth-order valence-electron chi connectivity index (χ4n) is 6.13. The summed E-state index contributed by atoms with van der Waals surface area (Å²) in [6, 6.07) is 53.4. The van der Waals surface area contributed by atoms with E-state index < -0.39 is 11.6 Å². The van der Waals surface area contributed by atoms with Crippen LogP contribution in [0.2, 0.25) is 0 Å². The van der Waals surface area contributed by atoms with Gasteiger partial charge in [0.2, 0.25) is 5.90 Å². The van der Waals surface area contributed by atoms with Crippen molar-refractivity contribution >= 4 is 5.90 Å². The average Bonchev–Trinajstić information content (AvgIpc) is 3.08. The number of nitrogens with one attached hydrogen (secondary N) is 1. The number of ether oxygens (including phenoxy) is 2. The molecule has 0 spiro atoms. The fourth-order valence-corrected chi connectivity index (χ4v) is 6.13. The fraction of sp³-hybridized carbons (Fsp3) is 0.0513. The van der Waals surface area contributed by atoms with E-state index in [0.717, 1.165) is 39.3 Å². The standard InChI is InChI=1S/C39H30N2O2/c40-37(27-13-4-1-5-14-27)43-38(41)30-16-12-15-28(25-30)29-23-24-36-34(26-29)39(31-17-6-2-7-18-31,32-19-8-3-9-20-32)33-21-10-11-22-35(33)42-36/h1-26,38,40H,41H2. The third kappa shape index (κ3) is 4.68. The molecular weight excluding hydrogens is 528 g/mol. The lowest BCUT2D eigenvalue weighted by atomic mass is 9.63. The second-order valence-corrected chi connectivity index (χ2v) is 10.7. The number of hydrogen-bond acceptors (Lipinski definition) is 4. The number of hydrogen-bond donors (Lipinski definition) is 2. The van der Waals surface area contributed by atoms with E-state index in [1.807, 2.05) is 60.7 Å². The second kappa shape index (κ2) is 11.1. The Bertz CT molecular complexity index is 1860. The van der Waals surface area contributed by atoms with Crippen molar-refractivity contribution in [2.45, 2.75) is 11.6 Å². The van der Waals surface area contributed by atoms with Crippen LogP contribution >= 0.6 is 0 Å². The zero-order valence-corrected chi connectivity index (χ0v) is 23.5. The number of para-hydroxylation sites is 1. The van der Waals surface area contributed by atoms with Gasteiger partial charge in [0.15, 0.2) is 6.23 Å². The predicted molar refractivity (Wildman–Crippen MR) is 172 cm³/mol. The highest BCUT2D eigenvalue weighted by atomic mass is 16.5. The number of fused-ring (bicyclic) bond motifs is 2. The molecule has 1 heterocycles. The van der Waals surface area contributed by atoms with Gasteiger partial charge in [-0.3, -0.25) is 11.1 Å². The van der Waals surface area contributed by atoms with E-state index in [0.29, 0.717) is 5.56 Å². The van der Waals surface area contributed by atoms with Crippen molar-refractivity contribution in [2.24, 2.45) is 5.73 Å². The zero-order valence-electron chi connectivity index (χ0n) is 23.5. The van der Waals surface area contributed by atoms with E-state index in [-0.39, 0.29) is 5.90 Å². The first kappa shape index (κ1) is 26.4. The number of nitrogens with two attached hydrogens (primary N) is 1. The Kier molecular flexibility index (Phi) is 6.82. The molecule has 0 aromatic heterocycles. The summed E-state index contributed by atoms with van der Waals surface area (Å²) in [5.74, 6) is 1.71. The molecule has 43 heavy (non-hydrogen) atoms. The van der Waals surface area contributed by atoms with Crippen molar-refractivity contribution in [1.29, 1.82) is 5.41 Å². The van der Waals surface area contributed by atoms with Crippen molar-refractivity contribution in [3.8, 4) is 22.6 Å². The van der Waals surface area contributed by atoms with Gasteiger partial charge in [-0.15, -0.1) is 0 Å². The third-order valence-corrected chi connectivity index (χ3v) is 8.14. The van der Waals surface area contributed by atoms with Crippen LogP contribution in [-0.2, 0) is 10.2 Å². The molecule has 208 valence electrons. The molecule has 0 aliphatic carbocycles. The van der Waals surface area contributed by atoms with Gasteiger partial charge in [-0.05, 0) is 58.7 Å². The van der Waals surface area contributed by atoms with Gasteiger partial charge in [-0.2, -0.15) is 0 Å². The number of benzene rings is 6. The van der Waals surface area contributed by atoms with Crippen molar-refractivity contribution < 1.29 is 9.47 Å². The van der Waals surface area contributed by atoms with Crippen LogP contribution in [-0.4, -0.2) is 5.90 Å². The van der Waals surface area contributed by atoms with Crippen LogP contribution in [0.4, 0.5) is 0 Å². The summed E-state index contributed by atoms with van der Waals surface area (Å²) in [5.41, 5.74) is 13.9. The molecule has 0 amide bonds. The molecule has 0 saturated heterocycles. The lowest BCUT2D eigenvalue weighted by Crippen LogP contribution is -2.34. The Morgan fingerprint density at radius 2 is 1.16 bits per heavy atom. The van der Waals surface area contributed by atoms with Crippen LogP contribution in [0.15, 0.2) is 158 Å². The number of rotatable bonds is 6. The summed E-state index contributed by atoms with van der Waals surface area (Å²) in [6.07, 6.45) is -0.784. The second-order valence-electron chi connectivity index (χ2n) is 10.7. The molecule has 1 atom stereocenters. The van der Waals surface area contributed by atoms with Crippen molar-refractivity contribution in [3.63, 3.8) is 0 Å². The smallest absolute Gasteiger partial charge is 0.215 e. The minimum atomic E-state index is -0.784. The first-order chi connectivity index (χ1) is 21.1. The highest BCUT2D eigenvalue weighted by Gasteiger charge is 2.45. The molecule has 1 aliphatic heterocycles. The minimum Gasteiger partial charge on any atom is -0.457 e. The Balaban J connectivity index is 1.35. The maximum atomic E-state index is 8.38. The van der Waals surface area contributed by atoms with E-state index in [1.165, 1.54) is 11.1 Å². The molecule has 6 aromatic rings. The van der Waals surface area contributed by atoms with Gasteiger partial charge < -0.3 is 9.47 Å². The molecule has 0 bridgehead atoms. The van der Waals surface area contributed by atoms with Crippen LogP contribution in [0.25, 0.3) is 11.1 Å². The van der Waals surface area contributed by atoms with Gasteiger partial charge in [-0.25, -0.2) is 0 Å². The van der Waals surface area contributed by atoms with Crippen LogP contribution in [0.1, 0.15) is 39.6 Å². The van der Waals surface area contributed by atoms with Crippen LogP contribution in [0.3, 0.4) is 0 Å². The summed E-state index contributed by atoms with van der Waals surface area (Å²) in [5, 5.41) is 8.38. The normalized spacial score (nSPS) is 13.6. The largest absolute Gasteiger partial charge is 0.457 e. The van der Waals surface area contributed by atoms with Gasteiger partial charge in [0, 0.05) is 22.3 Å². The molecular formula is C39H30N2O2. The van der Waals surface area contributed by atoms with Crippen LogP contribution in [0.5, 0.6) is 11.5 Å². The monoisotopic (exact) mass is 558 g/mol. The molecule has 1 unspecified atom stereocenters. The summed E-state index contributed by atoms with van der Waals surface area (Å²) < 4.78 is 12.4. The molecule has 1 aliphatic rings. The highest BCUT2D eigenvalue weighted by Crippen LogP contribution is 2.55. The average molecular weight is 559 g/mol. The van der Waals surface area contributed by atoms with E-state index in [2.05, 4.69) is 97.1 Å². The summed E-state index contributed by atoms with van der Waals surface area (Å²) in [6.45, 7) is 0. The quantitative estimate of drug-likeness (QED) is 0.122. The molecule has 4 heteroatoms. The molecule has 0 saturated carbocycles. The summed E-state index contributed by atoms with van der Waals surface area (Å²) in [7, 11) is 0. The molecule has 4 nitrogen and oxygen atoms in total. The Morgan fingerprint density at radius 1 is 0.581 bits per heavy atom. The van der Waals surface area contributed by atoms with E-state index in [1.54, 1.807) is 0 Å². The van der Waals surface area contributed by atoms with Gasteiger partial charge >= 0.3 is 0 Å². The van der Waals surface area contributed by atoms with Crippen molar-refractivity contribution in [2.75, 3.05) is 0 Å². The Morgan fingerprint density at radius 3 is 1.86 bits per heavy atom. The van der Waals surface area contributed by atoms with Gasteiger partial charge in [-0.1, -0.05) is 121 Å². The van der Waals surface area contributed by atoms with Gasteiger partial charge in [0.1, 0.15) is 11.5 Å². The first-order valence-electron chi connectivity index (χ1n) is 14.3. The third-order valence-electron chi connectivity index (χ3n) is 8.14. The van der Waals surface area contributed by atoms with Gasteiger partial charge in [0.05, 0.1) is 5.41 Å². The van der Waals surface area contributed by atoms with Crippen molar-refractivity contribution in [3.05, 3.63) is 191 Å². The Hall–Kier alpha value is -5.45. The molecule has 3 N–H and O–H groups in total. The van der Waals surface area contributed by atoms with Crippen LogP contribution < -0.4 is 10.5 Å². The summed E-state index contributed by atoms with van der Waals surface area (Å²) >= 11 is 0. The maximum absolute atomic E-state index is 8.38. The molecule has 6 aromatic carbocycles. The topological polar surface area (TPSA) is 68.3 Å². The van der Waals surface area contributed by atoms with E-state index in [4.69, 9.17) is 20.6 Å². The molecule has 0 fully saturated rings. The maximum Gasteiger partial charge on any atom is 0.215 e. The predicted octanol–water partition coefficient (Wildman–Crippen LogP) is 8.84. The molecule has 7 rings (SSSR count). The SMILES string of the molecule is N=C(OC(N)c1cccc(-c2ccc3c(c2)C(c2ccccc2)(c2ccccc2)c2ccccc2O3)c1)c1ccccc1. The minimum absolute atomic E-state index is 0.0404. The lowest BCUT2D eigenvalue weighted by Gasteiger charge is -2.41. The van der Waals surface area contributed by atoms with Gasteiger partial charge in [0.25, 0.3) is 0 Å². The highest BCUT2D eigenvalue weighted by molar-refractivity contribution is 5.91. The molecule has 0 radical (unpaired) electrons. The van der Waals surface area contributed by atoms with Crippen LogP contribution in [0, 0.1) is 5.41 Å². The zero-order chi connectivity index (χ0) is 29.2.